The molecule has 1 fully saturated rings. The van der Waals surface area contributed by atoms with Gasteiger partial charge in [-0.3, -0.25) is 0 Å². The van der Waals surface area contributed by atoms with Crippen LogP contribution in [0.5, 0.6) is 5.75 Å². The smallest absolute Gasteiger partial charge is 0.119 e. The predicted octanol–water partition coefficient (Wildman–Crippen LogP) is 3.44. The number of ether oxygens (including phenoxy) is 2. The van der Waals surface area contributed by atoms with E-state index in [2.05, 4.69) is 38.1 Å². The average molecular weight is 234 g/mol. The van der Waals surface area contributed by atoms with Crippen molar-refractivity contribution in [2.75, 3.05) is 19.8 Å². The summed E-state index contributed by atoms with van der Waals surface area (Å²) >= 11 is 0. The lowest BCUT2D eigenvalue weighted by Crippen LogP contribution is -2.46. The maximum Gasteiger partial charge on any atom is 0.119 e. The van der Waals surface area contributed by atoms with E-state index in [-0.39, 0.29) is 5.41 Å². The Labute approximate surface area is 104 Å². The first kappa shape index (κ1) is 12.4. The molecule has 0 bridgehead atoms. The van der Waals surface area contributed by atoms with E-state index in [1.165, 1.54) is 12.0 Å². The highest BCUT2D eigenvalue weighted by atomic mass is 16.5. The zero-order chi connectivity index (χ0) is 12.1. The van der Waals surface area contributed by atoms with E-state index >= 15 is 0 Å². The first-order chi connectivity index (χ1) is 8.28. The van der Waals surface area contributed by atoms with E-state index < -0.39 is 0 Å². The minimum Gasteiger partial charge on any atom is -0.493 e. The molecule has 0 saturated carbocycles. The largest absolute Gasteiger partial charge is 0.493 e. The summed E-state index contributed by atoms with van der Waals surface area (Å²) in [5, 5.41) is 0. The molecular weight excluding hydrogens is 212 g/mol. The second-order valence-corrected chi connectivity index (χ2v) is 5.03. The third kappa shape index (κ3) is 3.01. The zero-order valence-corrected chi connectivity index (χ0v) is 10.9. The van der Waals surface area contributed by atoms with Gasteiger partial charge in [0, 0.05) is 0 Å². The molecule has 0 spiro atoms. The molecule has 0 aromatic heterocycles. The summed E-state index contributed by atoms with van der Waals surface area (Å²) in [6, 6.07) is 8.48. The summed E-state index contributed by atoms with van der Waals surface area (Å²) in [5.41, 5.74) is 1.65. The Morgan fingerprint density at radius 2 is 1.88 bits per heavy atom. The van der Waals surface area contributed by atoms with Crippen LogP contribution in [-0.4, -0.2) is 19.8 Å². The Kier molecular flexibility index (Phi) is 4.06. The van der Waals surface area contributed by atoms with Gasteiger partial charge in [0.2, 0.25) is 0 Å². The SMILES string of the molecule is CCCc1ccc(OCC2(CC)COC2)cc1. The highest BCUT2D eigenvalue weighted by Crippen LogP contribution is 2.31. The quantitative estimate of drug-likeness (QED) is 0.750. The highest BCUT2D eigenvalue weighted by molar-refractivity contribution is 5.27. The third-order valence-electron chi connectivity index (χ3n) is 3.57. The second-order valence-electron chi connectivity index (χ2n) is 5.03. The van der Waals surface area contributed by atoms with Crippen LogP contribution in [0.3, 0.4) is 0 Å². The van der Waals surface area contributed by atoms with Crippen molar-refractivity contribution < 1.29 is 9.47 Å². The van der Waals surface area contributed by atoms with Crippen LogP contribution in [0.4, 0.5) is 0 Å². The summed E-state index contributed by atoms with van der Waals surface area (Å²) in [6.07, 6.45) is 3.46. The lowest BCUT2D eigenvalue weighted by Gasteiger charge is -2.40. The van der Waals surface area contributed by atoms with Crippen LogP contribution in [-0.2, 0) is 11.2 Å². The van der Waals surface area contributed by atoms with Crippen molar-refractivity contribution in [3.05, 3.63) is 29.8 Å². The Bertz CT molecular complexity index is 333. The van der Waals surface area contributed by atoms with Crippen LogP contribution in [0.25, 0.3) is 0 Å². The Morgan fingerprint density at radius 3 is 2.35 bits per heavy atom. The third-order valence-corrected chi connectivity index (χ3v) is 3.57. The molecule has 1 heterocycles. The maximum atomic E-state index is 5.86. The molecule has 0 atom stereocenters. The topological polar surface area (TPSA) is 18.5 Å². The molecule has 2 rings (SSSR count). The first-order valence-electron chi connectivity index (χ1n) is 6.57. The highest BCUT2D eigenvalue weighted by Gasteiger charge is 2.37. The van der Waals surface area contributed by atoms with Gasteiger partial charge in [0.05, 0.1) is 25.2 Å². The number of hydrogen-bond acceptors (Lipinski definition) is 2. The fourth-order valence-corrected chi connectivity index (χ4v) is 2.06. The van der Waals surface area contributed by atoms with Crippen molar-refractivity contribution in [1.29, 1.82) is 0 Å². The van der Waals surface area contributed by atoms with Crippen LogP contribution in [0.1, 0.15) is 32.3 Å². The number of benzene rings is 1. The summed E-state index contributed by atoms with van der Waals surface area (Å²) < 4.78 is 11.1. The van der Waals surface area contributed by atoms with E-state index in [4.69, 9.17) is 9.47 Å². The predicted molar refractivity (Wildman–Crippen MR) is 69.5 cm³/mol. The number of aryl methyl sites for hydroxylation is 1. The molecule has 17 heavy (non-hydrogen) atoms. The fourth-order valence-electron chi connectivity index (χ4n) is 2.06. The lowest BCUT2D eigenvalue weighted by molar-refractivity contribution is -0.133. The van der Waals surface area contributed by atoms with Crippen molar-refractivity contribution in [2.45, 2.75) is 33.1 Å². The van der Waals surface area contributed by atoms with E-state index in [9.17, 15) is 0 Å². The van der Waals surface area contributed by atoms with Crippen molar-refractivity contribution in [2.24, 2.45) is 5.41 Å². The van der Waals surface area contributed by atoms with Gasteiger partial charge in [-0.1, -0.05) is 32.4 Å². The van der Waals surface area contributed by atoms with Gasteiger partial charge in [0.1, 0.15) is 5.75 Å². The number of rotatable bonds is 6. The van der Waals surface area contributed by atoms with Crippen LogP contribution < -0.4 is 4.74 Å². The molecule has 0 radical (unpaired) electrons. The van der Waals surface area contributed by atoms with E-state index in [1.807, 2.05) is 0 Å². The molecular formula is C15H22O2. The van der Waals surface area contributed by atoms with Gasteiger partial charge in [-0.25, -0.2) is 0 Å². The van der Waals surface area contributed by atoms with E-state index in [1.54, 1.807) is 0 Å². The summed E-state index contributed by atoms with van der Waals surface area (Å²) in [4.78, 5) is 0. The van der Waals surface area contributed by atoms with Gasteiger partial charge in [-0.05, 0) is 30.5 Å². The van der Waals surface area contributed by atoms with Gasteiger partial charge in [0.25, 0.3) is 0 Å². The minimum absolute atomic E-state index is 0.266. The molecule has 1 saturated heterocycles. The van der Waals surface area contributed by atoms with E-state index in [0.29, 0.717) is 0 Å². The van der Waals surface area contributed by atoms with Gasteiger partial charge < -0.3 is 9.47 Å². The normalized spacial score (nSPS) is 17.5. The molecule has 2 nitrogen and oxygen atoms in total. The van der Waals surface area contributed by atoms with Crippen LogP contribution in [0.15, 0.2) is 24.3 Å². The minimum atomic E-state index is 0.266. The summed E-state index contributed by atoms with van der Waals surface area (Å²) in [7, 11) is 0. The molecule has 2 heteroatoms. The molecule has 1 aliphatic rings. The Morgan fingerprint density at radius 1 is 1.18 bits per heavy atom. The zero-order valence-electron chi connectivity index (χ0n) is 10.9. The Hall–Kier alpha value is -1.02. The molecule has 1 aromatic rings. The lowest BCUT2D eigenvalue weighted by atomic mass is 9.84. The second kappa shape index (κ2) is 5.54. The standard InChI is InChI=1S/C15H22O2/c1-3-5-13-6-8-14(9-7-13)17-12-15(4-2)10-16-11-15/h6-9H,3-5,10-12H2,1-2H3. The van der Waals surface area contributed by atoms with Crippen LogP contribution >= 0.6 is 0 Å². The monoisotopic (exact) mass is 234 g/mol. The molecule has 1 aliphatic heterocycles. The van der Waals surface area contributed by atoms with Gasteiger partial charge in [-0.15, -0.1) is 0 Å². The van der Waals surface area contributed by atoms with Crippen LogP contribution in [0, 0.1) is 5.41 Å². The molecule has 0 aliphatic carbocycles. The number of hydrogen-bond donors (Lipinski definition) is 0. The fraction of sp³-hybridized carbons (Fsp3) is 0.600. The molecule has 94 valence electrons. The Balaban J connectivity index is 1.86. The van der Waals surface area contributed by atoms with Crippen molar-refractivity contribution in [3.8, 4) is 5.75 Å². The first-order valence-corrected chi connectivity index (χ1v) is 6.57. The maximum absolute atomic E-state index is 5.86. The van der Waals surface area contributed by atoms with Gasteiger partial charge in [0.15, 0.2) is 0 Å². The van der Waals surface area contributed by atoms with Gasteiger partial charge in [-0.2, -0.15) is 0 Å². The average Bonchev–Trinajstić information content (AvgIpc) is 2.31. The summed E-state index contributed by atoms with van der Waals surface area (Å²) in [6.45, 7) is 6.87. The van der Waals surface area contributed by atoms with Crippen molar-refractivity contribution in [3.63, 3.8) is 0 Å². The van der Waals surface area contributed by atoms with Crippen molar-refractivity contribution >= 4 is 0 Å². The van der Waals surface area contributed by atoms with Crippen molar-refractivity contribution in [1.82, 2.24) is 0 Å². The molecule has 1 aromatic carbocycles. The molecule has 0 amide bonds. The van der Waals surface area contributed by atoms with E-state index in [0.717, 1.165) is 38.4 Å². The van der Waals surface area contributed by atoms with Gasteiger partial charge >= 0.3 is 0 Å². The molecule has 0 unspecified atom stereocenters. The van der Waals surface area contributed by atoms with Crippen LogP contribution in [0.2, 0.25) is 0 Å². The molecule has 0 N–H and O–H groups in total. The summed E-state index contributed by atoms with van der Waals surface area (Å²) in [5.74, 6) is 0.976.